The van der Waals surface area contributed by atoms with Crippen molar-refractivity contribution in [2.24, 2.45) is 0 Å². The molecule has 0 fully saturated rings. The summed E-state index contributed by atoms with van der Waals surface area (Å²) < 4.78 is 21.8. The molecule has 180 valence electrons. The molecule has 4 rings (SSSR count). The number of carbonyl (C=O) groups is 1. The first kappa shape index (κ1) is 24.1. The second-order valence-electron chi connectivity index (χ2n) is 7.57. The Morgan fingerprint density at radius 3 is 2.26 bits per heavy atom. The smallest absolute Gasteiger partial charge is 0.253 e. The maximum absolute atomic E-state index is 13.0. The lowest BCUT2D eigenvalue weighted by molar-refractivity contribution is 0.0928. The quantitative estimate of drug-likeness (QED) is 0.345. The van der Waals surface area contributed by atoms with Gasteiger partial charge in [-0.2, -0.15) is 4.98 Å². The average molecular weight is 494 g/mol. The number of hydrogen-bond donors (Lipinski definition) is 1. The molecule has 0 aliphatic heterocycles. The lowest BCUT2D eigenvalue weighted by atomic mass is 10.1. The highest BCUT2D eigenvalue weighted by Crippen LogP contribution is 2.40. The largest absolute Gasteiger partial charge is 0.493 e. The van der Waals surface area contributed by atoms with Crippen molar-refractivity contribution in [3.8, 4) is 28.6 Å². The van der Waals surface area contributed by atoms with Crippen LogP contribution in [0.15, 0.2) is 71.3 Å². The van der Waals surface area contributed by atoms with Gasteiger partial charge in [0.1, 0.15) is 6.04 Å². The van der Waals surface area contributed by atoms with E-state index in [-0.39, 0.29) is 11.8 Å². The number of nitrogens with one attached hydrogen (secondary N) is 1. The van der Waals surface area contributed by atoms with Crippen LogP contribution >= 0.6 is 11.6 Å². The molecule has 35 heavy (non-hydrogen) atoms. The minimum absolute atomic E-state index is 0.248. The van der Waals surface area contributed by atoms with Crippen LogP contribution in [0.5, 0.6) is 17.2 Å². The van der Waals surface area contributed by atoms with E-state index in [1.165, 1.54) is 21.3 Å². The first-order valence-corrected chi connectivity index (χ1v) is 11.1. The van der Waals surface area contributed by atoms with Crippen LogP contribution in [-0.2, 0) is 6.42 Å². The molecular weight excluding hydrogens is 470 g/mol. The first-order valence-electron chi connectivity index (χ1n) is 10.8. The third-order valence-corrected chi connectivity index (χ3v) is 5.70. The first-order chi connectivity index (χ1) is 17.0. The van der Waals surface area contributed by atoms with Crippen molar-refractivity contribution in [1.82, 2.24) is 15.5 Å². The number of carbonyl (C=O) groups excluding carboxylic acids is 1. The Balaban J connectivity index is 1.68. The summed E-state index contributed by atoms with van der Waals surface area (Å²) in [6, 6.07) is 19.4. The summed E-state index contributed by atoms with van der Waals surface area (Å²) in [6.45, 7) is 0. The fourth-order valence-electron chi connectivity index (χ4n) is 3.64. The third-order valence-electron chi connectivity index (χ3n) is 5.37. The van der Waals surface area contributed by atoms with Gasteiger partial charge in [0.25, 0.3) is 5.91 Å². The van der Waals surface area contributed by atoms with E-state index in [0.717, 1.165) is 5.56 Å². The van der Waals surface area contributed by atoms with Gasteiger partial charge in [-0.25, -0.2) is 0 Å². The normalized spacial score (nSPS) is 11.5. The van der Waals surface area contributed by atoms with Crippen molar-refractivity contribution in [3.63, 3.8) is 0 Å². The standard InChI is InChI=1S/C26H24ClN3O5/c1-32-21-14-17(15-22(33-2)23(21)34-3)24-29-26(35-30-24)20(13-16-9-5-4-6-10-16)28-25(31)18-11-7-8-12-19(18)27/h4-12,14-15,20H,13H2,1-3H3,(H,28,31)/t20-/m1/s1. The zero-order valence-corrected chi connectivity index (χ0v) is 20.2. The van der Waals surface area contributed by atoms with Gasteiger partial charge in [-0.15, -0.1) is 0 Å². The molecule has 1 heterocycles. The average Bonchev–Trinajstić information content (AvgIpc) is 3.38. The molecule has 0 spiro atoms. The lowest BCUT2D eigenvalue weighted by Crippen LogP contribution is -2.30. The van der Waals surface area contributed by atoms with Crippen LogP contribution in [0.25, 0.3) is 11.4 Å². The number of hydrogen-bond acceptors (Lipinski definition) is 7. The van der Waals surface area contributed by atoms with Gasteiger partial charge in [-0.1, -0.05) is 59.2 Å². The molecule has 4 aromatic rings. The Morgan fingerprint density at radius 1 is 0.971 bits per heavy atom. The fraction of sp³-hybridized carbons (Fsp3) is 0.192. The van der Waals surface area contributed by atoms with Crippen molar-refractivity contribution >= 4 is 17.5 Å². The molecule has 3 aromatic carbocycles. The number of methoxy groups -OCH3 is 3. The van der Waals surface area contributed by atoms with E-state index in [0.29, 0.717) is 45.6 Å². The van der Waals surface area contributed by atoms with Crippen molar-refractivity contribution in [1.29, 1.82) is 0 Å². The predicted octanol–water partition coefficient (Wildman–Crippen LogP) is 5.13. The maximum Gasteiger partial charge on any atom is 0.253 e. The lowest BCUT2D eigenvalue weighted by Gasteiger charge is -2.16. The molecule has 0 aliphatic rings. The Labute approximate surface area is 207 Å². The predicted molar refractivity (Wildman–Crippen MR) is 131 cm³/mol. The number of benzene rings is 3. The molecular formula is C26H24ClN3O5. The minimum Gasteiger partial charge on any atom is -0.493 e. The highest BCUT2D eigenvalue weighted by molar-refractivity contribution is 6.33. The summed E-state index contributed by atoms with van der Waals surface area (Å²) >= 11 is 6.23. The summed E-state index contributed by atoms with van der Waals surface area (Å²) in [6.07, 6.45) is 0.438. The van der Waals surface area contributed by atoms with Crippen molar-refractivity contribution < 1.29 is 23.5 Å². The van der Waals surface area contributed by atoms with E-state index in [1.54, 1.807) is 36.4 Å². The molecule has 1 atom stereocenters. The molecule has 8 nitrogen and oxygen atoms in total. The number of nitrogens with zero attached hydrogens (tertiary/aromatic N) is 2. The Bertz CT molecular complexity index is 1280. The van der Waals surface area contributed by atoms with Gasteiger partial charge in [0.05, 0.1) is 31.9 Å². The zero-order valence-electron chi connectivity index (χ0n) is 19.4. The number of rotatable bonds is 9. The van der Waals surface area contributed by atoms with Crippen molar-refractivity contribution in [2.75, 3.05) is 21.3 Å². The van der Waals surface area contributed by atoms with Crippen LogP contribution in [0.3, 0.4) is 0 Å². The summed E-state index contributed by atoms with van der Waals surface area (Å²) in [5, 5.41) is 7.47. The third kappa shape index (κ3) is 5.38. The maximum atomic E-state index is 13.0. The van der Waals surface area contributed by atoms with Crippen LogP contribution in [0.1, 0.15) is 27.9 Å². The Hall–Kier alpha value is -4.04. The minimum atomic E-state index is -0.593. The highest BCUT2D eigenvalue weighted by atomic mass is 35.5. The highest BCUT2D eigenvalue weighted by Gasteiger charge is 2.25. The van der Waals surface area contributed by atoms with Crippen molar-refractivity contribution in [3.05, 3.63) is 88.8 Å². The summed E-state index contributed by atoms with van der Waals surface area (Å²) in [7, 11) is 4.59. The molecule has 1 aromatic heterocycles. The monoisotopic (exact) mass is 493 g/mol. The number of halogens is 1. The SMILES string of the molecule is COc1cc(-c2noc([C@@H](Cc3ccccc3)NC(=O)c3ccccc3Cl)n2)cc(OC)c1OC. The van der Waals surface area contributed by atoms with Crippen molar-refractivity contribution in [2.45, 2.75) is 12.5 Å². The zero-order chi connectivity index (χ0) is 24.8. The Morgan fingerprint density at radius 2 is 1.63 bits per heavy atom. The second-order valence-corrected chi connectivity index (χ2v) is 7.97. The molecule has 1 amide bonds. The van der Waals surface area contributed by atoms with Gasteiger partial charge in [0.15, 0.2) is 11.5 Å². The molecule has 1 N–H and O–H groups in total. The molecule has 0 unspecified atom stereocenters. The van der Waals surface area contributed by atoms with Crippen LogP contribution in [-0.4, -0.2) is 37.4 Å². The van der Waals surface area contributed by atoms with E-state index in [1.807, 2.05) is 30.3 Å². The van der Waals surface area contributed by atoms with E-state index in [2.05, 4.69) is 15.5 Å². The number of amides is 1. The molecule has 0 saturated heterocycles. The second kappa shape index (κ2) is 10.9. The summed E-state index contributed by atoms with van der Waals surface area (Å²) in [5.74, 6) is 1.59. The van der Waals surface area contributed by atoms with Gasteiger partial charge in [0.2, 0.25) is 17.5 Å². The summed E-state index contributed by atoms with van der Waals surface area (Å²) in [5.41, 5.74) is 1.95. The van der Waals surface area contributed by atoms with E-state index in [9.17, 15) is 4.79 Å². The van der Waals surface area contributed by atoms with Gasteiger partial charge >= 0.3 is 0 Å². The van der Waals surface area contributed by atoms with Crippen LogP contribution in [0, 0.1) is 0 Å². The topological polar surface area (TPSA) is 95.7 Å². The Kier molecular flexibility index (Phi) is 7.52. The number of aromatic nitrogens is 2. The van der Waals surface area contributed by atoms with E-state index < -0.39 is 6.04 Å². The summed E-state index contributed by atoms with van der Waals surface area (Å²) in [4.78, 5) is 17.6. The van der Waals surface area contributed by atoms with Crippen LogP contribution < -0.4 is 19.5 Å². The van der Waals surface area contributed by atoms with E-state index >= 15 is 0 Å². The van der Waals surface area contributed by atoms with Gasteiger partial charge in [-0.05, 0) is 29.8 Å². The number of ether oxygens (including phenoxy) is 3. The molecule has 0 aliphatic carbocycles. The molecule has 0 radical (unpaired) electrons. The van der Waals surface area contributed by atoms with E-state index in [4.69, 9.17) is 30.3 Å². The molecule has 0 saturated carbocycles. The molecule has 0 bridgehead atoms. The fourth-order valence-corrected chi connectivity index (χ4v) is 3.86. The van der Waals surface area contributed by atoms with Crippen LogP contribution in [0.2, 0.25) is 5.02 Å². The van der Waals surface area contributed by atoms with Gasteiger partial charge < -0.3 is 24.1 Å². The molecule has 9 heteroatoms. The van der Waals surface area contributed by atoms with Gasteiger partial charge in [-0.3, -0.25) is 4.79 Å². The van der Waals surface area contributed by atoms with Crippen LogP contribution in [0.4, 0.5) is 0 Å². The van der Waals surface area contributed by atoms with Gasteiger partial charge in [0, 0.05) is 12.0 Å².